The highest BCUT2D eigenvalue weighted by Gasteiger charge is 2.29. The van der Waals surface area contributed by atoms with E-state index in [2.05, 4.69) is 20.9 Å². The molecule has 0 saturated carbocycles. The van der Waals surface area contributed by atoms with E-state index in [1.54, 1.807) is 30.3 Å². The second-order valence-corrected chi connectivity index (χ2v) is 8.36. The number of carboxylic acid groups (broad SMARTS) is 2. The quantitative estimate of drug-likeness (QED) is 0.0573. The number of esters is 1. The lowest BCUT2D eigenvalue weighted by atomic mass is 10.1. The lowest BCUT2D eigenvalue weighted by molar-refractivity contribution is -0.147. The van der Waals surface area contributed by atoms with Crippen LogP contribution in [0.2, 0.25) is 0 Å². The van der Waals surface area contributed by atoms with E-state index in [0.717, 1.165) is 6.92 Å². The molecule has 0 saturated heterocycles. The molecule has 214 valence electrons. The van der Waals surface area contributed by atoms with Crippen LogP contribution in [0.4, 0.5) is 0 Å². The van der Waals surface area contributed by atoms with E-state index in [9.17, 15) is 33.9 Å². The average molecular weight is 552 g/mol. The van der Waals surface area contributed by atoms with Crippen LogP contribution in [0, 0.1) is 0 Å². The number of rotatable bonds is 16. The maximum absolute atomic E-state index is 12.7. The molecule has 16 nitrogen and oxygen atoms in total. The van der Waals surface area contributed by atoms with Gasteiger partial charge in [0.25, 0.3) is 0 Å². The van der Waals surface area contributed by atoms with Crippen LogP contribution in [0.5, 0.6) is 0 Å². The third-order valence-corrected chi connectivity index (χ3v) is 5.01. The Morgan fingerprint density at radius 1 is 0.974 bits per heavy atom. The molecule has 0 aliphatic carbocycles. The highest BCUT2D eigenvalue weighted by atomic mass is 16.5. The third-order valence-electron chi connectivity index (χ3n) is 5.01. The van der Waals surface area contributed by atoms with E-state index in [1.807, 2.05) is 0 Å². The summed E-state index contributed by atoms with van der Waals surface area (Å²) >= 11 is 0. The molecule has 0 radical (unpaired) electrons. The van der Waals surface area contributed by atoms with Gasteiger partial charge >= 0.3 is 17.9 Å². The van der Waals surface area contributed by atoms with E-state index in [0.29, 0.717) is 5.56 Å². The van der Waals surface area contributed by atoms with Crippen LogP contribution >= 0.6 is 0 Å². The van der Waals surface area contributed by atoms with Crippen LogP contribution < -0.4 is 33.2 Å². The lowest BCUT2D eigenvalue weighted by Crippen LogP contribution is -2.54. The summed E-state index contributed by atoms with van der Waals surface area (Å²) in [5.41, 5.74) is 16.9. The fourth-order valence-electron chi connectivity index (χ4n) is 3.24. The van der Waals surface area contributed by atoms with Gasteiger partial charge in [0, 0.05) is 19.8 Å². The Kier molecular flexibility index (Phi) is 13.4. The SMILES string of the molecule is CC(=O)OC(CN=C(N)N)C[C@H](N)C(=O)NCC(=O)N[C@@H](CC(=O)O)C(=O)N[C@@H](Cc1ccccc1)C(=O)O. The van der Waals surface area contributed by atoms with Crippen molar-refractivity contribution in [3.63, 3.8) is 0 Å². The van der Waals surface area contributed by atoms with Crippen molar-refractivity contribution >= 4 is 41.6 Å². The van der Waals surface area contributed by atoms with Gasteiger partial charge < -0.3 is 48.1 Å². The molecule has 16 heteroatoms. The Morgan fingerprint density at radius 2 is 1.62 bits per heavy atom. The fourth-order valence-corrected chi connectivity index (χ4v) is 3.24. The molecule has 1 aromatic carbocycles. The summed E-state index contributed by atoms with van der Waals surface area (Å²) in [6.45, 7) is 0.299. The summed E-state index contributed by atoms with van der Waals surface area (Å²) in [6.07, 6.45) is -2.05. The number of aliphatic carboxylic acids is 2. The molecular formula is C23H33N7O9. The molecule has 39 heavy (non-hydrogen) atoms. The maximum Gasteiger partial charge on any atom is 0.326 e. The highest BCUT2D eigenvalue weighted by molar-refractivity contribution is 5.94. The number of carboxylic acids is 2. The number of nitrogens with two attached hydrogens (primary N) is 3. The molecule has 0 fully saturated rings. The number of guanidine groups is 1. The van der Waals surface area contributed by atoms with Crippen LogP contribution in [0.15, 0.2) is 35.3 Å². The van der Waals surface area contributed by atoms with Crippen molar-refractivity contribution in [1.29, 1.82) is 0 Å². The van der Waals surface area contributed by atoms with Crippen LogP contribution in [0.1, 0.15) is 25.3 Å². The minimum absolute atomic E-state index is 0.0822. The first-order valence-corrected chi connectivity index (χ1v) is 11.6. The second-order valence-electron chi connectivity index (χ2n) is 8.36. The van der Waals surface area contributed by atoms with Crippen molar-refractivity contribution in [1.82, 2.24) is 16.0 Å². The van der Waals surface area contributed by atoms with Crippen molar-refractivity contribution in [2.45, 2.75) is 50.4 Å². The number of aliphatic imine (C=N–C) groups is 1. The molecular weight excluding hydrogens is 518 g/mol. The molecule has 0 heterocycles. The van der Waals surface area contributed by atoms with E-state index in [4.69, 9.17) is 27.0 Å². The monoisotopic (exact) mass is 551 g/mol. The van der Waals surface area contributed by atoms with Crippen molar-refractivity contribution in [3.8, 4) is 0 Å². The summed E-state index contributed by atoms with van der Waals surface area (Å²) in [6, 6.07) is 4.13. The lowest BCUT2D eigenvalue weighted by Gasteiger charge is -2.21. The van der Waals surface area contributed by atoms with Gasteiger partial charge in [-0.3, -0.25) is 24.0 Å². The van der Waals surface area contributed by atoms with Gasteiger partial charge in [0.05, 0.1) is 25.6 Å². The standard InChI is InChI=1S/C23H33N7O9/c1-12(31)39-14(10-28-23(25)26)8-15(24)20(35)27-11-18(32)29-16(9-19(33)34)21(36)30-17(22(37)38)7-13-5-3-2-4-6-13/h2-6,14-17H,7-11,24H2,1H3,(H,27,35)(H,29,32)(H,30,36)(H,33,34)(H,37,38)(H4,25,26,28)/t14?,15-,16-,17-/m0/s1. The number of carbonyl (C=O) groups is 6. The number of hydrogen-bond donors (Lipinski definition) is 8. The first-order valence-electron chi connectivity index (χ1n) is 11.6. The molecule has 0 aliphatic heterocycles. The number of carbonyl (C=O) groups excluding carboxylic acids is 4. The summed E-state index contributed by atoms with van der Waals surface area (Å²) < 4.78 is 5.01. The van der Waals surface area contributed by atoms with Gasteiger partial charge in [0.1, 0.15) is 18.2 Å². The van der Waals surface area contributed by atoms with Gasteiger partial charge in [-0.15, -0.1) is 0 Å². The molecule has 0 aliphatic rings. The molecule has 4 atom stereocenters. The molecule has 0 spiro atoms. The van der Waals surface area contributed by atoms with Crippen LogP contribution in [-0.4, -0.2) is 89.1 Å². The van der Waals surface area contributed by atoms with E-state index >= 15 is 0 Å². The molecule has 3 amide bonds. The van der Waals surface area contributed by atoms with Crippen molar-refractivity contribution in [2.24, 2.45) is 22.2 Å². The topological polar surface area (TPSA) is 279 Å². The van der Waals surface area contributed by atoms with Gasteiger partial charge in [-0.25, -0.2) is 9.79 Å². The smallest absolute Gasteiger partial charge is 0.326 e. The number of hydrogen-bond acceptors (Lipinski definition) is 9. The van der Waals surface area contributed by atoms with Gasteiger partial charge in [0.2, 0.25) is 17.7 Å². The van der Waals surface area contributed by atoms with Gasteiger partial charge in [-0.2, -0.15) is 0 Å². The van der Waals surface area contributed by atoms with E-state index in [1.165, 1.54) is 0 Å². The van der Waals surface area contributed by atoms with Crippen LogP contribution in [0.3, 0.4) is 0 Å². The fraction of sp³-hybridized carbons (Fsp3) is 0.435. The number of amides is 3. The first kappa shape index (κ1) is 32.3. The normalized spacial score (nSPS) is 13.5. The zero-order valence-corrected chi connectivity index (χ0v) is 21.2. The number of benzene rings is 1. The Labute approximate surface area is 223 Å². The van der Waals surface area contributed by atoms with Gasteiger partial charge in [-0.05, 0) is 5.56 Å². The average Bonchev–Trinajstić information content (AvgIpc) is 2.84. The molecule has 0 aromatic heterocycles. The zero-order chi connectivity index (χ0) is 29.5. The predicted octanol–water partition coefficient (Wildman–Crippen LogP) is -3.20. The minimum atomic E-state index is -1.63. The first-order chi connectivity index (χ1) is 18.3. The number of nitrogens with zero attached hydrogens (tertiary/aromatic N) is 1. The van der Waals surface area contributed by atoms with Gasteiger partial charge in [0.15, 0.2) is 5.96 Å². The van der Waals surface area contributed by atoms with Gasteiger partial charge in [-0.1, -0.05) is 30.3 Å². The van der Waals surface area contributed by atoms with Crippen LogP contribution in [0.25, 0.3) is 0 Å². The third kappa shape index (κ3) is 13.4. The highest BCUT2D eigenvalue weighted by Crippen LogP contribution is 2.06. The van der Waals surface area contributed by atoms with Crippen molar-refractivity contribution in [3.05, 3.63) is 35.9 Å². The number of ether oxygens (including phenoxy) is 1. The zero-order valence-electron chi connectivity index (χ0n) is 21.2. The predicted molar refractivity (Wildman–Crippen MR) is 136 cm³/mol. The largest absolute Gasteiger partial charge is 0.481 e. The Bertz CT molecular complexity index is 1060. The Balaban J connectivity index is 2.74. The Morgan fingerprint density at radius 3 is 2.15 bits per heavy atom. The molecule has 1 rings (SSSR count). The minimum Gasteiger partial charge on any atom is -0.481 e. The summed E-state index contributed by atoms with van der Waals surface area (Å²) in [7, 11) is 0. The molecule has 11 N–H and O–H groups in total. The maximum atomic E-state index is 12.7. The van der Waals surface area contributed by atoms with Crippen LogP contribution in [-0.2, 0) is 39.9 Å². The van der Waals surface area contributed by atoms with E-state index < -0.39 is 72.8 Å². The Hall–Kier alpha value is -4.73. The summed E-state index contributed by atoms with van der Waals surface area (Å²) in [5.74, 6) is -6.52. The molecule has 1 unspecified atom stereocenters. The van der Waals surface area contributed by atoms with Crippen molar-refractivity contribution < 1.29 is 43.7 Å². The summed E-state index contributed by atoms with van der Waals surface area (Å²) in [4.78, 5) is 75.2. The summed E-state index contributed by atoms with van der Waals surface area (Å²) in [5, 5.41) is 25.2. The number of nitrogens with one attached hydrogen (secondary N) is 3. The molecule has 0 bridgehead atoms. The second kappa shape index (κ2) is 16.2. The van der Waals surface area contributed by atoms with E-state index in [-0.39, 0.29) is 25.3 Å². The molecule has 1 aromatic rings. The van der Waals surface area contributed by atoms with Crippen molar-refractivity contribution in [2.75, 3.05) is 13.1 Å².